The minimum absolute atomic E-state index is 0.0636. The molecule has 0 bridgehead atoms. The Hall–Kier alpha value is -2.63. The van der Waals surface area contributed by atoms with Crippen LogP contribution in [0.1, 0.15) is 31.7 Å². The molecule has 2 aromatic rings. The molecule has 6 nitrogen and oxygen atoms in total. The number of benzene rings is 1. The Labute approximate surface area is 121 Å². The van der Waals surface area contributed by atoms with E-state index in [1.165, 1.54) is 0 Å². The van der Waals surface area contributed by atoms with Crippen LogP contribution in [0.15, 0.2) is 40.9 Å². The van der Waals surface area contributed by atoms with Gasteiger partial charge in [0.1, 0.15) is 6.04 Å². The second-order valence-electron chi connectivity index (χ2n) is 4.61. The zero-order valence-corrected chi connectivity index (χ0v) is 11.6. The normalized spacial score (nSPS) is 11.9. The van der Waals surface area contributed by atoms with Crippen molar-refractivity contribution < 1.29 is 19.1 Å². The van der Waals surface area contributed by atoms with Crippen molar-refractivity contribution in [2.24, 2.45) is 0 Å². The molecule has 0 saturated heterocycles. The molecular weight excluding hydrogens is 272 g/mol. The van der Waals surface area contributed by atoms with Crippen LogP contribution < -0.4 is 5.32 Å². The van der Waals surface area contributed by atoms with Gasteiger partial charge in [-0.05, 0) is 6.92 Å². The van der Waals surface area contributed by atoms with Gasteiger partial charge >= 0.3 is 5.97 Å². The number of rotatable bonds is 6. The highest BCUT2D eigenvalue weighted by atomic mass is 16.4. The molecule has 1 unspecified atom stereocenters. The number of carbonyl (C=O) groups is 2. The van der Waals surface area contributed by atoms with E-state index in [1.807, 2.05) is 30.3 Å². The summed E-state index contributed by atoms with van der Waals surface area (Å²) in [6.45, 7) is 1.74. The third-order valence-electron chi connectivity index (χ3n) is 2.90. The lowest BCUT2D eigenvalue weighted by Gasteiger charge is -2.09. The molecule has 110 valence electrons. The molecule has 1 heterocycles. The lowest BCUT2D eigenvalue weighted by Crippen LogP contribution is -2.27. The number of amides is 1. The molecule has 0 aliphatic heterocycles. The molecular formula is C15H16N2O4. The van der Waals surface area contributed by atoms with Gasteiger partial charge in [-0.2, -0.15) is 0 Å². The standard InChI is InChI=1S/C15H16N2O4/c1-10(17-13(18)7-8-14(19)20)15-16-9-12(21-15)11-5-3-2-4-6-11/h2-6,9-10H,7-8H2,1H3,(H,17,18)(H,19,20). The van der Waals surface area contributed by atoms with Gasteiger partial charge in [0.15, 0.2) is 5.76 Å². The van der Waals surface area contributed by atoms with Gasteiger partial charge in [-0.1, -0.05) is 30.3 Å². The summed E-state index contributed by atoms with van der Waals surface area (Å²) in [5, 5.41) is 11.2. The third kappa shape index (κ3) is 4.17. The molecule has 1 aromatic heterocycles. The van der Waals surface area contributed by atoms with Crippen LogP contribution in [0.25, 0.3) is 11.3 Å². The molecule has 6 heteroatoms. The number of nitrogens with zero attached hydrogens (tertiary/aromatic N) is 1. The van der Waals surface area contributed by atoms with Gasteiger partial charge in [0.2, 0.25) is 11.8 Å². The van der Waals surface area contributed by atoms with Gasteiger partial charge < -0.3 is 14.8 Å². The van der Waals surface area contributed by atoms with Crippen LogP contribution in [0.2, 0.25) is 0 Å². The highest BCUT2D eigenvalue weighted by Gasteiger charge is 2.16. The maximum atomic E-state index is 11.6. The Bertz CT molecular complexity index is 622. The monoisotopic (exact) mass is 288 g/mol. The molecule has 1 atom stereocenters. The first kappa shape index (κ1) is 14.8. The molecule has 0 aliphatic carbocycles. The highest BCUT2D eigenvalue weighted by Crippen LogP contribution is 2.22. The Morgan fingerprint density at radius 3 is 2.67 bits per heavy atom. The quantitative estimate of drug-likeness (QED) is 0.851. The molecule has 21 heavy (non-hydrogen) atoms. The number of carboxylic acid groups (broad SMARTS) is 1. The van der Waals surface area contributed by atoms with Gasteiger partial charge in [-0.3, -0.25) is 9.59 Å². The Morgan fingerprint density at radius 1 is 1.29 bits per heavy atom. The third-order valence-corrected chi connectivity index (χ3v) is 2.90. The van der Waals surface area contributed by atoms with E-state index in [4.69, 9.17) is 9.52 Å². The van der Waals surface area contributed by atoms with Gasteiger partial charge in [0.05, 0.1) is 12.6 Å². The number of aromatic nitrogens is 1. The minimum atomic E-state index is -1.000. The summed E-state index contributed by atoms with van der Waals surface area (Å²) in [6, 6.07) is 9.10. The van der Waals surface area contributed by atoms with Gasteiger partial charge in [-0.25, -0.2) is 4.98 Å². The molecule has 2 N–H and O–H groups in total. The first-order valence-corrected chi connectivity index (χ1v) is 6.58. The molecule has 1 amide bonds. The minimum Gasteiger partial charge on any atom is -0.481 e. The van der Waals surface area contributed by atoms with Crippen molar-refractivity contribution in [3.63, 3.8) is 0 Å². The summed E-state index contributed by atoms with van der Waals surface area (Å²) in [7, 11) is 0. The van der Waals surface area contributed by atoms with Crippen LogP contribution in [0.4, 0.5) is 0 Å². The van der Waals surface area contributed by atoms with Crippen molar-refractivity contribution in [3.05, 3.63) is 42.4 Å². The molecule has 0 saturated carbocycles. The second-order valence-corrected chi connectivity index (χ2v) is 4.61. The first-order valence-electron chi connectivity index (χ1n) is 6.58. The number of hydrogen-bond donors (Lipinski definition) is 2. The fourth-order valence-corrected chi connectivity index (χ4v) is 1.82. The lowest BCUT2D eigenvalue weighted by atomic mass is 10.2. The summed E-state index contributed by atoms with van der Waals surface area (Å²) in [5.41, 5.74) is 0.903. The highest BCUT2D eigenvalue weighted by molar-refractivity contribution is 5.80. The molecule has 2 rings (SSSR count). The van der Waals surface area contributed by atoms with Crippen LogP contribution >= 0.6 is 0 Å². The number of oxazole rings is 1. The van der Waals surface area contributed by atoms with Crippen LogP contribution in [0.3, 0.4) is 0 Å². The largest absolute Gasteiger partial charge is 0.481 e. The average Bonchev–Trinajstić information content (AvgIpc) is 2.96. The van der Waals surface area contributed by atoms with E-state index in [0.717, 1.165) is 5.56 Å². The fourth-order valence-electron chi connectivity index (χ4n) is 1.82. The Morgan fingerprint density at radius 2 is 2.00 bits per heavy atom. The van der Waals surface area contributed by atoms with Crippen LogP contribution in [0, 0.1) is 0 Å². The first-order chi connectivity index (χ1) is 10.1. The van der Waals surface area contributed by atoms with E-state index < -0.39 is 12.0 Å². The predicted molar refractivity (Wildman–Crippen MR) is 75.4 cm³/mol. The molecule has 0 spiro atoms. The van der Waals surface area contributed by atoms with Crippen LogP contribution in [-0.4, -0.2) is 22.0 Å². The molecule has 0 aliphatic rings. The van der Waals surface area contributed by atoms with Crippen molar-refractivity contribution in [1.29, 1.82) is 0 Å². The smallest absolute Gasteiger partial charge is 0.303 e. The number of nitrogens with one attached hydrogen (secondary N) is 1. The van der Waals surface area contributed by atoms with Crippen molar-refractivity contribution >= 4 is 11.9 Å². The van der Waals surface area contributed by atoms with E-state index in [1.54, 1.807) is 13.1 Å². The zero-order valence-electron chi connectivity index (χ0n) is 11.6. The topological polar surface area (TPSA) is 92.4 Å². The van der Waals surface area contributed by atoms with Gasteiger partial charge in [0.25, 0.3) is 0 Å². The Balaban J connectivity index is 1.97. The zero-order chi connectivity index (χ0) is 15.2. The molecule has 0 radical (unpaired) electrons. The van der Waals surface area contributed by atoms with Crippen LogP contribution in [-0.2, 0) is 9.59 Å². The Kier molecular flexibility index (Phi) is 4.71. The summed E-state index contributed by atoms with van der Waals surface area (Å²) >= 11 is 0. The average molecular weight is 288 g/mol. The van der Waals surface area contributed by atoms with Crippen molar-refractivity contribution in [3.8, 4) is 11.3 Å². The number of carbonyl (C=O) groups excluding carboxylic acids is 1. The van der Waals surface area contributed by atoms with Crippen molar-refractivity contribution in [2.75, 3.05) is 0 Å². The van der Waals surface area contributed by atoms with Crippen LogP contribution in [0.5, 0.6) is 0 Å². The summed E-state index contributed by atoms with van der Waals surface area (Å²) < 4.78 is 5.62. The van der Waals surface area contributed by atoms with E-state index in [0.29, 0.717) is 11.7 Å². The molecule has 1 aromatic carbocycles. The second kappa shape index (κ2) is 6.69. The fraction of sp³-hybridized carbons (Fsp3) is 0.267. The van der Waals surface area contributed by atoms with Gasteiger partial charge in [-0.15, -0.1) is 0 Å². The van der Waals surface area contributed by atoms with E-state index in [2.05, 4.69) is 10.3 Å². The SMILES string of the molecule is CC(NC(=O)CCC(=O)O)c1ncc(-c2ccccc2)o1. The van der Waals surface area contributed by atoms with E-state index in [9.17, 15) is 9.59 Å². The number of aliphatic carboxylic acids is 1. The van der Waals surface area contributed by atoms with Crippen molar-refractivity contribution in [2.45, 2.75) is 25.8 Å². The van der Waals surface area contributed by atoms with E-state index in [-0.39, 0.29) is 18.7 Å². The molecule has 0 fully saturated rings. The predicted octanol–water partition coefficient (Wildman–Crippen LogP) is 2.38. The summed E-state index contributed by atoms with van der Waals surface area (Å²) in [6.07, 6.45) is 1.34. The maximum Gasteiger partial charge on any atom is 0.303 e. The summed E-state index contributed by atoms with van der Waals surface area (Å²) in [4.78, 5) is 26.1. The number of carboxylic acids is 1. The van der Waals surface area contributed by atoms with Gasteiger partial charge in [0, 0.05) is 12.0 Å². The summed E-state index contributed by atoms with van der Waals surface area (Å²) in [5.74, 6) is -0.334. The van der Waals surface area contributed by atoms with Crippen molar-refractivity contribution in [1.82, 2.24) is 10.3 Å². The lowest BCUT2D eigenvalue weighted by molar-refractivity contribution is -0.138. The number of hydrogen-bond acceptors (Lipinski definition) is 4. The van der Waals surface area contributed by atoms with E-state index >= 15 is 0 Å². The maximum absolute atomic E-state index is 11.6.